The quantitative estimate of drug-likeness (QED) is 0.507. The van der Waals surface area contributed by atoms with Gasteiger partial charge in [0.2, 0.25) is 11.8 Å². The van der Waals surface area contributed by atoms with Crippen LogP contribution in [0.5, 0.6) is 0 Å². The molecule has 0 atom stereocenters. The Morgan fingerprint density at radius 2 is 1.64 bits per heavy atom. The Morgan fingerprint density at radius 3 is 1.82 bits per heavy atom. The van der Waals surface area contributed by atoms with Gasteiger partial charge in [-0.2, -0.15) is 5.26 Å². The maximum atomic E-state index is 10.4. The number of hydrogen-bond acceptors (Lipinski definition) is 3. The normalized spacial score (nSPS) is 8.55. The molecule has 0 aromatic heterocycles. The van der Waals surface area contributed by atoms with Crippen LogP contribution in [0.15, 0.2) is 0 Å². The van der Waals surface area contributed by atoms with Gasteiger partial charge >= 0.3 is 0 Å². The molecule has 0 aliphatic carbocycles. The van der Waals surface area contributed by atoms with Gasteiger partial charge in [0.25, 0.3) is 0 Å². The second kappa shape index (κ2) is 4.28. The van der Waals surface area contributed by atoms with Crippen molar-refractivity contribution in [3.05, 3.63) is 0 Å². The molecule has 0 aromatic rings. The molecule has 0 heterocycles. The topological polar surface area (TPSA) is 82.0 Å². The first kappa shape index (κ1) is 9.43. The SMILES string of the molecule is CC(=O)NC(C#N)NC(C)=O. The third-order valence-corrected chi connectivity index (χ3v) is 0.824. The van der Waals surface area contributed by atoms with E-state index in [0.717, 1.165) is 0 Å². The Labute approximate surface area is 64.4 Å². The molecule has 60 valence electrons. The van der Waals surface area contributed by atoms with Gasteiger partial charge in [0, 0.05) is 13.8 Å². The van der Waals surface area contributed by atoms with Crippen molar-refractivity contribution in [1.82, 2.24) is 10.6 Å². The highest BCUT2D eigenvalue weighted by atomic mass is 16.2. The number of rotatable bonds is 2. The van der Waals surface area contributed by atoms with Crippen LogP contribution < -0.4 is 10.6 Å². The minimum atomic E-state index is -0.926. The average Bonchev–Trinajstić information content (AvgIpc) is 1.84. The average molecular weight is 155 g/mol. The van der Waals surface area contributed by atoms with E-state index in [1.807, 2.05) is 0 Å². The van der Waals surface area contributed by atoms with Gasteiger partial charge in [0.15, 0.2) is 6.17 Å². The lowest BCUT2D eigenvalue weighted by Crippen LogP contribution is -2.45. The Morgan fingerprint density at radius 1 is 1.27 bits per heavy atom. The van der Waals surface area contributed by atoms with E-state index in [1.54, 1.807) is 6.07 Å². The minimum Gasteiger partial charge on any atom is -0.324 e. The van der Waals surface area contributed by atoms with E-state index < -0.39 is 6.17 Å². The summed E-state index contributed by atoms with van der Waals surface area (Å²) in [5, 5.41) is 12.8. The van der Waals surface area contributed by atoms with Crippen LogP contribution in [-0.4, -0.2) is 18.0 Å². The van der Waals surface area contributed by atoms with Crippen molar-refractivity contribution in [2.75, 3.05) is 0 Å². The van der Waals surface area contributed by atoms with E-state index in [0.29, 0.717) is 0 Å². The molecular weight excluding hydrogens is 146 g/mol. The first-order chi connectivity index (χ1) is 5.06. The molecule has 0 saturated heterocycles. The molecule has 0 spiro atoms. The smallest absolute Gasteiger partial charge is 0.219 e. The second-order valence-electron chi connectivity index (χ2n) is 1.96. The number of amides is 2. The summed E-state index contributed by atoms with van der Waals surface area (Å²) in [6.45, 7) is 2.54. The summed E-state index contributed by atoms with van der Waals surface area (Å²) >= 11 is 0. The first-order valence-electron chi connectivity index (χ1n) is 3.00. The maximum absolute atomic E-state index is 10.4. The van der Waals surface area contributed by atoms with E-state index in [4.69, 9.17) is 5.26 Å². The Balaban J connectivity index is 3.89. The summed E-state index contributed by atoms with van der Waals surface area (Å²) in [5.74, 6) is -0.712. The number of hydrogen-bond donors (Lipinski definition) is 2. The van der Waals surface area contributed by atoms with Gasteiger partial charge in [-0.25, -0.2) is 0 Å². The van der Waals surface area contributed by atoms with Crippen molar-refractivity contribution in [2.24, 2.45) is 0 Å². The fraction of sp³-hybridized carbons (Fsp3) is 0.500. The van der Waals surface area contributed by atoms with Crippen molar-refractivity contribution >= 4 is 11.8 Å². The lowest BCUT2D eigenvalue weighted by atomic mass is 10.5. The number of nitriles is 1. The van der Waals surface area contributed by atoms with Crippen molar-refractivity contribution in [1.29, 1.82) is 5.26 Å². The highest BCUT2D eigenvalue weighted by Gasteiger charge is 2.07. The summed E-state index contributed by atoms with van der Waals surface area (Å²) in [5.41, 5.74) is 0. The van der Waals surface area contributed by atoms with Crippen LogP contribution in [0.1, 0.15) is 13.8 Å². The van der Waals surface area contributed by atoms with Gasteiger partial charge in [0.1, 0.15) is 6.07 Å². The van der Waals surface area contributed by atoms with Crippen LogP contribution >= 0.6 is 0 Å². The van der Waals surface area contributed by atoms with Gasteiger partial charge in [-0.1, -0.05) is 0 Å². The zero-order chi connectivity index (χ0) is 8.85. The molecule has 0 radical (unpaired) electrons. The zero-order valence-electron chi connectivity index (χ0n) is 6.34. The van der Waals surface area contributed by atoms with Crippen molar-refractivity contribution < 1.29 is 9.59 Å². The fourth-order valence-corrected chi connectivity index (χ4v) is 0.507. The van der Waals surface area contributed by atoms with Crippen molar-refractivity contribution in [3.63, 3.8) is 0 Å². The third kappa shape index (κ3) is 4.90. The molecule has 0 fully saturated rings. The molecule has 2 amide bonds. The lowest BCUT2D eigenvalue weighted by molar-refractivity contribution is -0.121. The van der Waals surface area contributed by atoms with Gasteiger partial charge in [-0.15, -0.1) is 0 Å². The number of nitrogens with one attached hydrogen (secondary N) is 2. The van der Waals surface area contributed by atoms with Gasteiger partial charge in [-0.3, -0.25) is 9.59 Å². The zero-order valence-corrected chi connectivity index (χ0v) is 6.34. The molecule has 0 unspecified atom stereocenters. The molecule has 0 saturated carbocycles. The van der Waals surface area contributed by atoms with Crippen LogP contribution in [0.2, 0.25) is 0 Å². The Bertz CT molecular complexity index is 190. The molecule has 11 heavy (non-hydrogen) atoms. The van der Waals surface area contributed by atoms with Gasteiger partial charge < -0.3 is 10.6 Å². The number of carbonyl (C=O) groups is 2. The van der Waals surface area contributed by atoms with Crippen LogP contribution in [0, 0.1) is 11.3 Å². The van der Waals surface area contributed by atoms with Gasteiger partial charge in [-0.05, 0) is 0 Å². The van der Waals surface area contributed by atoms with Crippen LogP contribution in [0.3, 0.4) is 0 Å². The summed E-state index contributed by atoms with van der Waals surface area (Å²) in [6, 6.07) is 1.70. The molecule has 5 nitrogen and oxygen atoms in total. The van der Waals surface area contributed by atoms with Crippen LogP contribution in [-0.2, 0) is 9.59 Å². The highest BCUT2D eigenvalue weighted by molar-refractivity contribution is 5.76. The first-order valence-corrected chi connectivity index (χ1v) is 3.00. The Hall–Kier alpha value is -1.57. The van der Waals surface area contributed by atoms with Gasteiger partial charge in [0.05, 0.1) is 0 Å². The monoisotopic (exact) mass is 155 g/mol. The summed E-state index contributed by atoms with van der Waals surface area (Å²) in [6.07, 6.45) is -0.926. The van der Waals surface area contributed by atoms with E-state index in [9.17, 15) is 9.59 Å². The van der Waals surface area contributed by atoms with E-state index in [2.05, 4.69) is 10.6 Å². The van der Waals surface area contributed by atoms with Crippen LogP contribution in [0.25, 0.3) is 0 Å². The molecule has 0 aliphatic rings. The molecule has 0 bridgehead atoms. The summed E-state index contributed by atoms with van der Waals surface area (Å²) < 4.78 is 0. The van der Waals surface area contributed by atoms with Crippen molar-refractivity contribution in [3.8, 4) is 6.07 Å². The standard InChI is InChI=1S/C6H9N3O2/c1-4(10)8-6(3-7)9-5(2)11/h6H,1-2H3,(H,8,10)(H,9,11). The predicted molar refractivity (Wildman–Crippen MR) is 37.0 cm³/mol. The summed E-state index contributed by atoms with van der Waals surface area (Å²) in [4.78, 5) is 20.8. The molecule has 0 aliphatic heterocycles. The molecule has 2 N–H and O–H groups in total. The fourth-order valence-electron chi connectivity index (χ4n) is 0.507. The second-order valence-corrected chi connectivity index (χ2v) is 1.96. The highest BCUT2D eigenvalue weighted by Crippen LogP contribution is 1.74. The largest absolute Gasteiger partial charge is 0.324 e. The van der Waals surface area contributed by atoms with E-state index in [1.165, 1.54) is 13.8 Å². The molecule has 5 heteroatoms. The summed E-state index contributed by atoms with van der Waals surface area (Å²) in [7, 11) is 0. The Kier molecular flexibility index (Phi) is 3.67. The lowest BCUT2D eigenvalue weighted by Gasteiger charge is -2.09. The van der Waals surface area contributed by atoms with E-state index >= 15 is 0 Å². The van der Waals surface area contributed by atoms with Crippen LogP contribution in [0.4, 0.5) is 0 Å². The molecule has 0 aromatic carbocycles. The number of nitrogens with zero attached hydrogens (tertiary/aromatic N) is 1. The third-order valence-electron chi connectivity index (χ3n) is 0.824. The molecular formula is C6H9N3O2. The van der Waals surface area contributed by atoms with E-state index in [-0.39, 0.29) is 11.8 Å². The maximum Gasteiger partial charge on any atom is 0.219 e. The number of carbonyl (C=O) groups excluding carboxylic acids is 2. The molecule has 0 rings (SSSR count). The predicted octanol–water partition coefficient (Wildman–Crippen LogP) is -0.892. The van der Waals surface area contributed by atoms with Crippen molar-refractivity contribution in [2.45, 2.75) is 20.0 Å². The minimum absolute atomic E-state index is 0.356.